The van der Waals surface area contributed by atoms with Crippen LogP contribution in [0.25, 0.3) is 11.0 Å². The molecule has 1 aromatic heterocycles. The number of benzene rings is 1. The molecule has 19 heavy (non-hydrogen) atoms. The first-order chi connectivity index (χ1) is 9.04. The van der Waals surface area contributed by atoms with Gasteiger partial charge < -0.3 is 9.72 Å². The van der Waals surface area contributed by atoms with Gasteiger partial charge in [-0.2, -0.15) is 0 Å². The molecule has 2 heterocycles. The zero-order valence-electron chi connectivity index (χ0n) is 10.7. The van der Waals surface area contributed by atoms with E-state index >= 15 is 0 Å². The molecule has 5 nitrogen and oxygen atoms in total. The topological polar surface area (TPSA) is 72.1 Å². The maximum atomic E-state index is 11.5. The number of ether oxygens (including phenoxy) is 1. The number of rotatable bonds is 2. The number of H-pyrrole nitrogens is 1. The molecular weight excluding hydrogens is 264 g/mol. The lowest BCUT2D eigenvalue weighted by Crippen LogP contribution is -2.16. The number of nitrogens with zero attached hydrogens (tertiary/aromatic N) is 1. The normalized spacial score (nSPS) is 20.8. The largest absolute Gasteiger partial charge is 0.381 e. The van der Waals surface area contributed by atoms with Gasteiger partial charge in [0.1, 0.15) is 5.82 Å². The van der Waals surface area contributed by atoms with Crippen molar-refractivity contribution in [2.24, 2.45) is 0 Å². The second-order valence-corrected chi connectivity index (χ2v) is 7.00. The molecule has 1 aromatic carbocycles. The summed E-state index contributed by atoms with van der Waals surface area (Å²) in [5, 5.41) is 0. The van der Waals surface area contributed by atoms with Gasteiger partial charge in [-0.05, 0) is 31.0 Å². The Morgan fingerprint density at radius 3 is 2.95 bits per heavy atom. The molecule has 1 N–H and O–H groups in total. The zero-order chi connectivity index (χ0) is 13.5. The van der Waals surface area contributed by atoms with Crippen LogP contribution in [0, 0.1) is 0 Å². The molecule has 1 saturated heterocycles. The Hall–Kier alpha value is -1.40. The summed E-state index contributed by atoms with van der Waals surface area (Å²) >= 11 is 0. The van der Waals surface area contributed by atoms with E-state index in [0.29, 0.717) is 11.5 Å². The second kappa shape index (κ2) is 4.61. The summed E-state index contributed by atoms with van der Waals surface area (Å²) in [6.07, 6.45) is 3.30. The molecule has 3 rings (SSSR count). The van der Waals surface area contributed by atoms with Crippen LogP contribution >= 0.6 is 0 Å². The van der Waals surface area contributed by atoms with Crippen LogP contribution in [0.4, 0.5) is 0 Å². The Bertz CT molecular complexity index is 700. The molecule has 2 aromatic rings. The van der Waals surface area contributed by atoms with Crippen LogP contribution in [0.2, 0.25) is 0 Å². The molecule has 102 valence electrons. The summed E-state index contributed by atoms with van der Waals surface area (Å²) in [6, 6.07) is 4.99. The number of aromatic nitrogens is 2. The van der Waals surface area contributed by atoms with Crippen LogP contribution < -0.4 is 0 Å². The Kier molecular flexibility index (Phi) is 3.06. The van der Waals surface area contributed by atoms with Gasteiger partial charge in [-0.25, -0.2) is 13.4 Å². The number of hydrogen-bond acceptors (Lipinski definition) is 4. The summed E-state index contributed by atoms with van der Waals surface area (Å²) in [5.74, 6) is 1.17. The number of sulfone groups is 1. The van der Waals surface area contributed by atoms with Crippen LogP contribution in [0.15, 0.2) is 23.1 Å². The fourth-order valence-electron chi connectivity index (χ4n) is 2.39. The molecule has 1 atom stereocenters. The molecule has 0 radical (unpaired) electrons. The minimum Gasteiger partial charge on any atom is -0.381 e. The van der Waals surface area contributed by atoms with Gasteiger partial charge in [-0.15, -0.1) is 0 Å². The number of aromatic amines is 1. The third kappa shape index (κ3) is 2.50. The maximum absolute atomic E-state index is 11.5. The number of hydrogen-bond donors (Lipinski definition) is 1. The van der Waals surface area contributed by atoms with E-state index in [1.807, 2.05) is 0 Å². The van der Waals surface area contributed by atoms with Gasteiger partial charge >= 0.3 is 0 Å². The molecule has 1 aliphatic heterocycles. The van der Waals surface area contributed by atoms with Gasteiger partial charge in [0, 0.05) is 18.8 Å². The Balaban J connectivity index is 2.01. The minimum atomic E-state index is -3.18. The van der Waals surface area contributed by atoms with Crippen LogP contribution in [-0.2, 0) is 14.6 Å². The molecule has 6 heteroatoms. The van der Waals surface area contributed by atoms with Crippen LogP contribution in [0.1, 0.15) is 24.6 Å². The van der Waals surface area contributed by atoms with E-state index in [9.17, 15) is 8.42 Å². The van der Waals surface area contributed by atoms with Gasteiger partial charge in [0.25, 0.3) is 0 Å². The quantitative estimate of drug-likeness (QED) is 0.911. The van der Waals surface area contributed by atoms with Crippen molar-refractivity contribution in [3.05, 3.63) is 24.0 Å². The van der Waals surface area contributed by atoms with Crippen molar-refractivity contribution in [3.63, 3.8) is 0 Å². The van der Waals surface area contributed by atoms with Gasteiger partial charge in [0.05, 0.1) is 22.5 Å². The van der Waals surface area contributed by atoms with E-state index in [-0.39, 0.29) is 5.92 Å². The molecule has 1 fully saturated rings. The average molecular weight is 280 g/mol. The van der Waals surface area contributed by atoms with E-state index in [4.69, 9.17) is 4.74 Å². The lowest BCUT2D eigenvalue weighted by Gasteiger charge is -2.19. The standard InChI is InChI=1S/C13H16N2O3S/c1-19(16,17)10-4-5-11-12(7-10)15-13(14-11)9-3-2-6-18-8-9/h4-5,7,9H,2-3,6,8H2,1H3,(H,14,15). The lowest BCUT2D eigenvalue weighted by molar-refractivity contribution is 0.0784. The predicted molar refractivity (Wildman–Crippen MR) is 72.0 cm³/mol. The lowest BCUT2D eigenvalue weighted by atomic mass is 10.0. The monoisotopic (exact) mass is 280 g/mol. The smallest absolute Gasteiger partial charge is 0.175 e. The summed E-state index contributed by atoms with van der Waals surface area (Å²) < 4.78 is 28.5. The molecule has 0 bridgehead atoms. The fraction of sp³-hybridized carbons (Fsp3) is 0.462. The molecule has 1 unspecified atom stereocenters. The SMILES string of the molecule is CS(=O)(=O)c1ccc2nc(C3CCCOC3)[nH]c2c1. The summed E-state index contributed by atoms with van der Waals surface area (Å²) in [5.41, 5.74) is 1.57. The van der Waals surface area contributed by atoms with Crippen LogP contribution in [0.3, 0.4) is 0 Å². The second-order valence-electron chi connectivity index (χ2n) is 4.99. The summed E-state index contributed by atoms with van der Waals surface area (Å²) in [4.78, 5) is 8.07. The molecule has 0 aliphatic carbocycles. The predicted octanol–water partition coefficient (Wildman–Crippen LogP) is 1.86. The summed E-state index contributed by atoms with van der Waals surface area (Å²) in [7, 11) is -3.18. The first-order valence-corrected chi connectivity index (χ1v) is 8.20. The first kappa shape index (κ1) is 12.6. The Labute approximate surface area is 111 Å². The van der Waals surface area contributed by atoms with Gasteiger partial charge in [0.15, 0.2) is 9.84 Å². The molecule has 0 spiro atoms. The zero-order valence-corrected chi connectivity index (χ0v) is 11.5. The van der Waals surface area contributed by atoms with Crippen molar-refractivity contribution in [1.82, 2.24) is 9.97 Å². The van der Waals surface area contributed by atoms with Crippen molar-refractivity contribution in [1.29, 1.82) is 0 Å². The molecule has 0 saturated carbocycles. The Morgan fingerprint density at radius 1 is 1.42 bits per heavy atom. The van der Waals surface area contributed by atoms with Gasteiger partial charge in [0.2, 0.25) is 0 Å². The number of fused-ring (bicyclic) bond motifs is 1. The van der Waals surface area contributed by atoms with Crippen LogP contribution in [-0.4, -0.2) is 37.9 Å². The third-order valence-electron chi connectivity index (χ3n) is 3.45. The minimum absolute atomic E-state index is 0.280. The fourth-order valence-corrected chi connectivity index (χ4v) is 3.04. The van der Waals surface area contributed by atoms with Crippen molar-refractivity contribution in [3.8, 4) is 0 Å². The van der Waals surface area contributed by atoms with Crippen LogP contribution in [0.5, 0.6) is 0 Å². The van der Waals surface area contributed by atoms with Crippen molar-refractivity contribution in [2.75, 3.05) is 19.5 Å². The highest BCUT2D eigenvalue weighted by molar-refractivity contribution is 7.90. The van der Waals surface area contributed by atoms with E-state index in [1.54, 1.807) is 18.2 Å². The number of imidazole rings is 1. The molecule has 0 amide bonds. The van der Waals surface area contributed by atoms with Gasteiger partial charge in [-0.3, -0.25) is 0 Å². The molecule has 1 aliphatic rings. The molecular formula is C13H16N2O3S. The van der Waals surface area contributed by atoms with Gasteiger partial charge in [-0.1, -0.05) is 0 Å². The Morgan fingerprint density at radius 2 is 2.26 bits per heavy atom. The first-order valence-electron chi connectivity index (χ1n) is 6.31. The van der Waals surface area contributed by atoms with E-state index in [0.717, 1.165) is 36.3 Å². The van der Waals surface area contributed by atoms with Crippen molar-refractivity contribution >= 4 is 20.9 Å². The highest BCUT2D eigenvalue weighted by Gasteiger charge is 2.20. The van der Waals surface area contributed by atoms with Crippen molar-refractivity contribution in [2.45, 2.75) is 23.7 Å². The van der Waals surface area contributed by atoms with E-state index in [2.05, 4.69) is 9.97 Å². The maximum Gasteiger partial charge on any atom is 0.175 e. The van der Waals surface area contributed by atoms with Crippen molar-refractivity contribution < 1.29 is 13.2 Å². The highest BCUT2D eigenvalue weighted by Crippen LogP contribution is 2.26. The van der Waals surface area contributed by atoms with E-state index < -0.39 is 9.84 Å². The summed E-state index contributed by atoms with van der Waals surface area (Å²) in [6.45, 7) is 1.49. The third-order valence-corrected chi connectivity index (χ3v) is 4.56. The number of nitrogens with one attached hydrogen (secondary N) is 1. The van der Waals surface area contributed by atoms with E-state index in [1.165, 1.54) is 6.26 Å². The highest BCUT2D eigenvalue weighted by atomic mass is 32.2. The average Bonchev–Trinajstić information content (AvgIpc) is 2.81.